The van der Waals surface area contributed by atoms with Crippen molar-refractivity contribution in [1.29, 1.82) is 0 Å². The van der Waals surface area contributed by atoms with E-state index in [4.69, 9.17) is 10.5 Å². The van der Waals surface area contributed by atoms with Crippen LogP contribution in [-0.2, 0) is 4.74 Å². The van der Waals surface area contributed by atoms with E-state index in [0.29, 0.717) is 11.5 Å². The summed E-state index contributed by atoms with van der Waals surface area (Å²) in [6, 6.07) is 4.68. The van der Waals surface area contributed by atoms with Gasteiger partial charge in [-0.3, -0.25) is 0 Å². The van der Waals surface area contributed by atoms with Gasteiger partial charge in [0.05, 0.1) is 12.1 Å². The second kappa shape index (κ2) is 4.52. The van der Waals surface area contributed by atoms with Gasteiger partial charge in [0.2, 0.25) is 0 Å². The summed E-state index contributed by atoms with van der Waals surface area (Å²) in [6.07, 6.45) is 2.22. The lowest BCUT2D eigenvalue weighted by molar-refractivity contribution is 0.0614. The number of nitrogens with two attached hydrogens (primary N) is 1. The largest absolute Gasteiger partial charge is 0.379 e. The van der Waals surface area contributed by atoms with Gasteiger partial charge in [0.25, 0.3) is 0 Å². The summed E-state index contributed by atoms with van der Waals surface area (Å²) in [4.78, 5) is 0. The first-order valence-corrected chi connectivity index (χ1v) is 5.68. The summed E-state index contributed by atoms with van der Waals surface area (Å²) in [5, 5.41) is 0. The molecule has 2 N–H and O–H groups in total. The first-order valence-electron chi connectivity index (χ1n) is 5.68. The molecule has 0 heterocycles. The number of methoxy groups -OCH3 is 1. The summed E-state index contributed by atoms with van der Waals surface area (Å²) in [7, 11) is 1.65. The van der Waals surface area contributed by atoms with Crippen LogP contribution in [0.4, 0.5) is 4.39 Å². The Morgan fingerprint density at radius 3 is 2.69 bits per heavy atom. The Labute approximate surface area is 95.6 Å². The summed E-state index contributed by atoms with van der Waals surface area (Å²) >= 11 is 0. The Kier molecular flexibility index (Phi) is 3.26. The molecule has 16 heavy (non-hydrogen) atoms. The standard InChI is InChI=1S/C13H18FNO/c1-8-3-6-11(14)10(7-8)12(15)13(16-2)9-4-5-9/h3,6-7,9,12-13H,4-5,15H2,1-2H3. The van der Waals surface area contributed by atoms with Crippen molar-refractivity contribution in [2.24, 2.45) is 11.7 Å². The molecule has 0 bridgehead atoms. The highest BCUT2D eigenvalue weighted by molar-refractivity contribution is 5.27. The maximum atomic E-state index is 13.7. The molecule has 1 aliphatic rings. The van der Waals surface area contributed by atoms with Crippen LogP contribution in [0.5, 0.6) is 0 Å². The van der Waals surface area contributed by atoms with Gasteiger partial charge in [-0.15, -0.1) is 0 Å². The van der Waals surface area contributed by atoms with Crippen LogP contribution >= 0.6 is 0 Å². The number of rotatable bonds is 4. The molecule has 0 amide bonds. The van der Waals surface area contributed by atoms with Gasteiger partial charge in [0.15, 0.2) is 0 Å². The zero-order valence-electron chi connectivity index (χ0n) is 9.74. The highest BCUT2D eigenvalue weighted by Crippen LogP contribution is 2.39. The monoisotopic (exact) mass is 223 g/mol. The molecule has 2 atom stereocenters. The Morgan fingerprint density at radius 2 is 2.12 bits per heavy atom. The van der Waals surface area contributed by atoms with E-state index in [9.17, 15) is 4.39 Å². The van der Waals surface area contributed by atoms with Crippen molar-refractivity contribution >= 4 is 0 Å². The average Bonchev–Trinajstić information content (AvgIpc) is 3.07. The quantitative estimate of drug-likeness (QED) is 0.851. The molecule has 0 radical (unpaired) electrons. The van der Waals surface area contributed by atoms with E-state index in [1.54, 1.807) is 13.2 Å². The number of hydrogen-bond donors (Lipinski definition) is 1. The first-order chi connectivity index (χ1) is 7.63. The van der Waals surface area contributed by atoms with Crippen LogP contribution in [0.25, 0.3) is 0 Å². The predicted molar refractivity (Wildman–Crippen MR) is 61.6 cm³/mol. The van der Waals surface area contributed by atoms with Gasteiger partial charge in [-0.25, -0.2) is 4.39 Å². The fraction of sp³-hybridized carbons (Fsp3) is 0.538. The topological polar surface area (TPSA) is 35.2 Å². The van der Waals surface area contributed by atoms with Gasteiger partial charge in [0.1, 0.15) is 5.82 Å². The third kappa shape index (κ3) is 2.25. The summed E-state index contributed by atoms with van der Waals surface area (Å²) in [6.45, 7) is 1.94. The lowest BCUT2D eigenvalue weighted by Gasteiger charge is -2.23. The highest BCUT2D eigenvalue weighted by atomic mass is 19.1. The Balaban J connectivity index is 2.24. The molecule has 1 fully saturated rings. The van der Waals surface area contributed by atoms with Gasteiger partial charge in [0, 0.05) is 12.7 Å². The van der Waals surface area contributed by atoms with E-state index in [0.717, 1.165) is 18.4 Å². The van der Waals surface area contributed by atoms with Crippen LogP contribution in [-0.4, -0.2) is 13.2 Å². The third-order valence-corrected chi connectivity index (χ3v) is 3.22. The molecule has 1 aromatic carbocycles. The van der Waals surface area contributed by atoms with Crippen LogP contribution in [0, 0.1) is 18.7 Å². The van der Waals surface area contributed by atoms with E-state index in [-0.39, 0.29) is 18.0 Å². The molecule has 0 saturated heterocycles. The average molecular weight is 223 g/mol. The predicted octanol–water partition coefficient (Wildman–Crippen LogP) is 2.56. The van der Waals surface area contributed by atoms with Crippen LogP contribution in [0.15, 0.2) is 18.2 Å². The van der Waals surface area contributed by atoms with Gasteiger partial charge in [-0.2, -0.15) is 0 Å². The number of halogens is 1. The van der Waals surface area contributed by atoms with E-state index >= 15 is 0 Å². The van der Waals surface area contributed by atoms with Gasteiger partial charge >= 0.3 is 0 Å². The van der Waals surface area contributed by atoms with Crippen molar-refractivity contribution in [1.82, 2.24) is 0 Å². The van der Waals surface area contributed by atoms with Gasteiger partial charge < -0.3 is 10.5 Å². The number of hydrogen-bond acceptors (Lipinski definition) is 2. The second-order valence-corrected chi connectivity index (χ2v) is 4.59. The lowest BCUT2D eigenvalue weighted by Crippen LogP contribution is -2.30. The molecule has 1 saturated carbocycles. The molecule has 2 rings (SSSR count). The molecular weight excluding hydrogens is 205 g/mol. The zero-order chi connectivity index (χ0) is 11.7. The fourth-order valence-electron chi connectivity index (χ4n) is 2.15. The van der Waals surface area contributed by atoms with Gasteiger partial charge in [-0.1, -0.05) is 17.7 Å². The minimum atomic E-state index is -0.364. The minimum Gasteiger partial charge on any atom is -0.379 e. The summed E-state index contributed by atoms with van der Waals surface area (Å²) in [5.74, 6) is 0.265. The molecule has 1 aliphatic carbocycles. The lowest BCUT2D eigenvalue weighted by atomic mass is 9.97. The third-order valence-electron chi connectivity index (χ3n) is 3.22. The zero-order valence-corrected chi connectivity index (χ0v) is 9.74. The first kappa shape index (κ1) is 11.6. The smallest absolute Gasteiger partial charge is 0.128 e. The number of benzene rings is 1. The molecule has 1 aromatic rings. The highest BCUT2D eigenvalue weighted by Gasteiger charge is 2.36. The van der Waals surface area contributed by atoms with Crippen molar-refractivity contribution in [2.75, 3.05) is 7.11 Å². The molecule has 2 nitrogen and oxygen atoms in total. The molecule has 0 aromatic heterocycles. The summed E-state index contributed by atoms with van der Waals surface area (Å²) < 4.78 is 19.1. The van der Waals surface area contributed by atoms with E-state index < -0.39 is 0 Å². The molecule has 88 valence electrons. The van der Waals surface area contributed by atoms with Gasteiger partial charge in [-0.05, 0) is 31.7 Å². The number of aryl methyl sites for hydroxylation is 1. The van der Waals surface area contributed by atoms with Crippen molar-refractivity contribution in [3.05, 3.63) is 35.1 Å². The van der Waals surface area contributed by atoms with Crippen molar-refractivity contribution in [2.45, 2.75) is 31.9 Å². The van der Waals surface area contributed by atoms with E-state index in [1.807, 2.05) is 13.0 Å². The van der Waals surface area contributed by atoms with Crippen LogP contribution in [0.1, 0.15) is 30.0 Å². The van der Waals surface area contributed by atoms with Crippen LogP contribution < -0.4 is 5.73 Å². The second-order valence-electron chi connectivity index (χ2n) is 4.59. The SMILES string of the molecule is COC(C1CC1)C(N)c1cc(C)ccc1F. The Bertz CT molecular complexity index is 376. The van der Waals surface area contributed by atoms with Crippen LogP contribution in [0.3, 0.4) is 0 Å². The normalized spacial score (nSPS) is 19.5. The van der Waals surface area contributed by atoms with Crippen LogP contribution in [0.2, 0.25) is 0 Å². The van der Waals surface area contributed by atoms with E-state index in [1.165, 1.54) is 6.07 Å². The van der Waals surface area contributed by atoms with Crippen molar-refractivity contribution < 1.29 is 9.13 Å². The number of ether oxygens (including phenoxy) is 1. The Hall–Kier alpha value is -0.930. The van der Waals surface area contributed by atoms with E-state index in [2.05, 4.69) is 0 Å². The van der Waals surface area contributed by atoms with Crippen molar-refractivity contribution in [3.8, 4) is 0 Å². The molecule has 0 aliphatic heterocycles. The molecule has 3 heteroatoms. The molecular formula is C13H18FNO. The fourth-order valence-corrected chi connectivity index (χ4v) is 2.15. The maximum absolute atomic E-state index is 13.7. The molecule has 0 spiro atoms. The Morgan fingerprint density at radius 1 is 1.44 bits per heavy atom. The van der Waals surface area contributed by atoms with Crippen molar-refractivity contribution in [3.63, 3.8) is 0 Å². The minimum absolute atomic E-state index is 0.0590. The maximum Gasteiger partial charge on any atom is 0.128 e. The summed E-state index contributed by atoms with van der Waals surface area (Å²) in [5.41, 5.74) is 7.69. The molecule has 2 unspecified atom stereocenters.